The molecule has 0 spiro atoms. The van der Waals surface area contributed by atoms with E-state index in [4.69, 9.17) is 4.74 Å². The first-order chi connectivity index (χ1) is 11.0. The lowest BCUT2D eigenvalue weighted by Crippen LogP contribution is -2.22. The van der Waals surface area contributed by atoms with Crippen molar-refractivity contribution in [1.82, 2.24) is 4.98 Å². The molecule has 1 aliphatic heterocycles. The molecule has 1 aromatic carbocycles. The van der Waals surface area contributed by atoms with Gasteiger partial charge in [0.1, 0.15) is 0 Å². The molecule has 4 heteroatoms. The number of rotatable bonds is 4. The molecule has 0 saturated heterocycles. The molecule has 0 N–H and O–H groups in total. The second kappa shape index (κ2) is 6.03. The Balaban J connectivity index is 2.00. The number of hydrogen-bond donors (Lipinski definition) is 0. The van der Waals surface area contributed by atoms with Crippen LogP contribution in [0.4, 0.5) is 5.69 Å². The summed E-state index contributed by atoms with van der Waals surface area (Å²) in [5.74, 6) is -0.332. The summed E-state index contributed by atoms with van der Waals surface area (Å²) >= 11 is 0. The van der Waals surface area contributed by atoms with Crippen LogP contribution in [0.3, 0.4) is 0 Å². The van der Waals surface area contributed by atoms with Crippen LogP contribution in [-0.4, -0.2) is 24.0 Å². The van der Waals surface area contributed by atoms with Crippen LogP contribution in [0, 0.1) is 13.8 Å². The SMILES string of the molecule is CCN(CC)c1ccc(C2OC(=O)c3nc(C)ccc32)c(C)c1. The number of anilines is 1. The number of aromatic nitrogens is 1. The van der Waals surface area contributed by atoms with Gasteiger partial charge in [0.15, 0.2) is 11.8 Å². The predicted molar refractivity (Wildman–Crippen MR) is 91.0 cm³/mol. The van der Waals surface area contributed by atoms with Gasteiger partial charge in [0, 0.05) is 35.6 Å². The number of carbonyl (C=O) groups excluding carboxylic acids is 1. The first-order valence-corrected chi connectivity index (χ1v) is 8.09. The number of pyridine rings is 1. The smallest absolute Gasteiger partial charge is 0.358 e. The Hall–Kier alpha value is -2.36. The maximum Gasteiger partial charge on any atom is 0.358 e. The second-order valence-electron chi connectivity index (χ2n) is 5.89. The van der Waals surface area contributed by atoms with Crippen molar-refractivity contribution in [2.75, 3.05) is 18.0 Å². The van der Waals surface area contributed by atoms with E-state index in [0.29, 0.717) is 5.69 Å². The van der Waals surface area contributed by atoms with Gasteiger partial charge in [-0.25, -0.2) is 9.78 Å². The molecule has 1 unspecified atom stereocenters. The summed E-state index contributed by atoms with van der Waals surface area (Å²) in [5.41, 5.74) is 5.48. The number of esters is 1. The molecule has 0 fully saturated rings. The van der Waals surface area contributed by atoms with Crippen molar-refractivity contribution < 1.29 is 9.53 Å². The van der Waals surface area contributed by atoms with Crippen LogP contribution in [0.1, 0.15) is 52.8 Å². The standard InChI is InChI=1S/C19H22N2O2/c1-5-21(6-2)14-8-10-15(12(3)11-14)18-16-9-7-13(4)20-17(16)19(22)23-18/h7-11,18H,5-6H2,1-4H3. The number of fused-ring (bicyclic) bond motifs is 1. The molecule has 2 aromatic rings. The Bertz CT molecular complexity index is 751. The Morgan fingerprint density at radius 1 is 1.09 bits per heavy atom. The van der Waals surface area contributed by atoms with Gasteiger partial charge in [-0.3, -0.25) is 0 Å². The normalized spacial score (nSPS) is 16.2. The third kappa shape index (κ3) is 2.69. The van der Waals surface area contributed by atoms with E-state index in [2.05, 4.69) is 48.9 Å². The number of hydrogen-bond acceptors (Lipinski definition) is 4. The highest BCUT2D eigenvalue weighted by molar-refractivity contribution is 5.92. The number of cyclic esters (lactones) is 1. The van der Waals surface area contributed by atoms with Crippen LogP contribution in [0.25, 0.3) is 0 Å². The maximum absolute atomic E-state index is 12.1. The first kappa shape index (κ1) is 15.5. The molecule has 2 heterocycles. The second-order valence-corrected chi connectivity index (χ2v) is 5.89. The minimum Gasteiger partial charge on any atom is -0.448 e. The first-order valence-electron chi connectivity index (χ1n) is 8.09. The fraction of sp³-hybridized carbons (Fsp3) is 0.368. The molecule has 0 radical (unpaired) electrons. The molecule has 3 rings (SSSR count). The molecule has 4 nitrogen and oxygen atoms in total. The highest BCUT2D eigenvalue weighted by Crippen LogP contribution is 2.37. The summed E-state index contributed by atoms with van der Waals surface area (Å²) < 4.78 is 5.59. The third-order valence-corrected chi connectivity index (χ3v) is 4.43. The zero-order valence-corrected chi connectivity index (χ0v) is 14.1. The fourth-order valence-corrected chi connectivity index (χ4v) is 3.14. The number of benzene rings is 1. The highest BCUT2D eigenvalue weighted by atomic mass is 16.5. The Kier molecular flexibility index (Phi) is 4.07. The summed E-state index contributed by atoms with van der Waals surface area (Å²) in [5, 5.41) is 0. The molecule has 0 saturated carbocycles. The van der Waals surface area contributed by atoms with Gasteiger partial charge in [0.25, 0.3) is 0 Å². The maximum atomic E-state index is 12.1. The average Bonchev–Trinajstić information content (AvgIpc) is 2.85. The molecule has 1 aromatic heterocycles. The largest absolute Gasteiger partial charge is 0.448 e. The molecule has 120 valence electrons. The Morgan fingerprint density at radius 2 is 1.78 bits per heavy atom. The van der Waals surface area contributed by atoms with E-state index in [9.17, 15) is 4.79 Å². The van der Waals surface area contributed by atoms with Crippen molar-refractivity contribution in [2.24, 2.45) is 0 Å². The minimum absolute atomic E-state index is 0.332. The minimum atomic E-state index is -0.351. The number of nitrogens with zero attached hydrogens (tertiary/aromatic N) is 2. The lowest BCUT2D eigenvalue weighted by molar-refractivity contribution is 0.0451. The van der Waals surface area contributed by atoms with Gasteiger partial charge in [0.05, 0.1) is 0 Å². The molecular weight excluding hydrogens is 288 g/mol. The molecular formula is C19H22N2O2. The summed E-state index contributed by atoms with van der Waals surface area (Å²) in [4.78, 5) is 18.7. The van der Waals surface area contributed by atoms with Crippen LogP contribution in [0.5, 0.6) is 0 Å². The highest BCUT2D eigenvalue weighted by Gasteiger charge is 2.34. The predicted octanol–water partition coefficient (Wildman–Crippen LogP) is 3.80. The van der Waals surface area contributed by atoms with Gasteiger partial charge in [-0.05, 0) is 51.5 Å². The van der Waals surface area contributed by atoms with Crippen LogP contribution in [0.2, 0.25) is 0 Å². The molecule has 0 aliphatic carbocycles. The van der Waals surface area contributed by atoms with Gasteiger partial charge in [0.2, 0.25) is 0 Å². The van der Waals surface area contributed by atoms with Crippen LogP contribution < -0.4 is 4.90 Å². The monoisotopic (exact) mass is 310 g/mol. The lowest BCUT2D eigenvalue weighted by Gasteiger charge is -2.23. The summed E-state index contributed by atoms with van der Waals surface area (Å²) in [6.45, 7) is 10.2. The van der Waals surface area contributed by atoms with Crippen LogP contribution >= 0.6 is 0 Å². The van der Waals surface area contributed by atoms with Gasteiger partial charge >= 0.3 is 5.97 Å². The van der Waals surface area contributed by atoms with Gasteiger partial charge in [-0.15, -0.1) is 0 Å². The van der Waals surface area contributed by atoms with Gasteiger partial charge in [-0.1, -0.05) is 12.1 Å². The quantitative estimate of drug-likeness (QED) is 0.806. The zero-order valence-electron chi connectivity index (χ0n) is 14.1. The lowest BCUT2D eigenvalue weighted by atomic mass is 9.97. The van der Waals surface area contributed by atoms with Crippen molar-refractivity contribution in [3.05, 3.63) is 58.4 Å². The molecule has 0 bridgehead atoms. The Labute approximate surface area is 137 Å². The van der Waals surface area contributed by atoms with E-state index in [0.717, 1.165) is 35.5 Å². The van der Waals surface area contributed by atoms with E-state index in [-0.39, 0.29) is 12.1 Å². The average molecular weight is 310 g/mol. The van der Waals surface area contributed by atoms with E-state index < -0.39 is 0 Å². The van der Waals surface area contributed by atoms with E-state index in [1.165, 1.54) is 5.69 Å². The zero-order chi connectivity index (χ0) is 16.6. The molecule has 1 atom stereocenters. The third-order valence-electron chi connectivity index (χ3n) is 4.43. The summed E-state index contributed by atoms with van der Waals surface area (Å²) in [6.07, 6.45) is -0.351. The van der Waals surface area contributed by atoms with E-state index in [1.807, 2.05) is 19.1 Å². The van der Waals surface area contributed by atoms with Crippen molar-refractivity contribution in [2.45, 2.75) is 33.8 Å². The number of aryl methyl sites for hydroxylation is 2. The summed E-state index contributed by atoms with van der Waals surface area (Å²) in [7, 11) is 0. The van der Waals surface area contributed by atoms with Crippen LogP contribution in [0.15, 0.2) is 30.3 Å². The van der Waals surface area contributed by atoms with Crippen molar-refractivity contribution in [1.29, 1.82) is 0 Å². The fourth-order valence-electron chi connectivity index (χ4n) is 3.14. The van der Waals surface area contributed by atoms with Crippen molar-refractivity contribution in [3.8, 4) is 0 Å². The van der Waals surface area contributed by atoms with Gasteiger partial charge in [-0.2, -0.15) is 0 Å². The molecule has 23 heavy (non-hydrogen) atoms. The molecule has 0 amide bonds. The van der Waals surface area contributed by atoms with Crippen LogP contribution in [-0.2, 0) is 4.74 Å². The van der Waals surface area contributed by atoms with Crippen molar-refractivity contribution in [3.63, 3.8) is 0 Å². The van der Waals surface area contributed by atoms with E-state index >= 15 is 0 Å². The molecule has 1 aliphatic rings. The number of ether oxygens (including phenoxy) is 1. The Morgan fingerprint density at radius 3 is 2.43 bits per heavy atom. The van der Waals surface area contributed by atoms with Crippen molar-refractivity contribution >= 4 is 11.7 Å². The number of carbonyl (C=O) groups is 1. The topological polar surface area (TPSA) is 42.4 Å². The summed E-state index contributed by atoms with van der Waals surface area (Å²) in [6, 6.07) is 10.2. The van der Waals surface area contributed by atoms with Gasteiger partial charge < -0.3 is 9.64 Å². The van der Waals surface area contributed by atoms with E-state index in [1.54, 1.807) is 0 Å².